The van der Waals surface area contributed by atoms with Crippen LogP contribution in [0.5, 0.6) is 5.75 Å². The molecule has 0 spiro atoms. The van der Waals surface area contributed by atoms with Gasteiger partial charge < -0.3 is 9.47 Å². The van der Waals surface area contributed by atoms with E-state index in [0.717, 1.165) is 16.4 Å². The number of rotatable bonds is 5. The number of benzene rings is 1. The molecule has 2 atom stereocenters. The zero-order valence-corrected chi connectivity index (χ0v) is 15.9. The fourth-order valence-corrected chi connectivity index (χ4v) is 4.74. The van der Waals surface area contributed by atoms with Gasteiger partial charge in [0.2, 0.25) is 0 Å². The summed E-state index contributed by atoms with van der Waals surface area (Å²) in [4.78, 5) is 13.1. The van der Waals surface area contributed by atoms with Crippen molar-refractivity contribution in [1.29, 1.82) is 0 Å². The molecule has 0 N–H and O–H groups in total. The third-order valence-corrected chi connectivity index (χ3v) is 6.09. The first-order valence-electron chi connectivity index (χ1n) is 8.17. The van der Waals surface area contributed by atoms with E-state index >= 15 is 0 Å². The number of esters is 1. The summed E-state index contributed by atoms with van der Waals surface area (Å²) in [5.41, 5.74) is 0.838. The van der Waals surface area contributed by atoms with Crippen LogP contribution in [0.3, 0.4) is 0 Å². The molecule has 26 heavy (non-hydrogen) atoms. The SMILES string of the molecule is COc1ccccc1-n1c(S[C@@H]2C[C@@H](C)OC2=O)nnc1-c1cccs1. The van der Waals surface area contributed by atoms with Gasteiger partial charge in [-0.15, -0.1) is 21.5 Å². The van der Waals surface area contributed by atoms with Crippen LogP contribution in [0.1, 0.15) is 13.3 Å². The molecule has 1 aliphatic rings. The van der Waals surface area contributed by atoms with E-state index < -0.39 is 0 Å². The number of thiophene rings is 1. The van der Waals surface area contributed by atoms with Crippen LogP contribution in [-0.4, -0.2) is 39.2 Å². The van der Waals surface area contributed by atoms with Crippen LogP contribution in [0, 0.1) is 0 Å². The Kier molecular flexibility index (Phi) is 4.69. The van der Waals surface area contributed by atoms with E-state index in [2.05, 4.69) is 10.2 Å². The number of carbonyl (C=O) groups excluding carboxylic acids is 1. The van der Waals surface area contributed by atoms with Gasteiger partial charge >= 0.3 is 5.97 Å². The van der Waals surface area contributed by atoms with Crippen molar-refractivity contribution in [1.82, 2.24) is 14.8 Å². The maximum Gasteiger partial charge on any atom is 0.319 e. The molecule has 0 radical (unpaired) electrons. The Morgan fingerprint density at radius 2 is 2.12 bits per heavy atom. The molecule has 3 heterocycles. The van der Waals surface area contributed by atoms with Gasteiger partial charge in [-0.05, 0) is 30.5 Å². The van der Waals surface area contributed by atoms with E-state index in [0.29, 0.717) is 17.3 Å². The second kappa shape index (κ2) is 7.13. The number of carbonyl (C=O) groups is 1. The summed E-state index contributed by atoms with van der Waals surface area (Å²) in [6.07, 6.45) is 0.593. The number of methoxy groups -OCH3 is 1. The molecule has 0 bridgehead atoms. The minimum absolute atomic E-state index is 0.0700. The highest BCUT2D eigenvalue weighted by Gasteiger charge is 2.34. The lowest BCUT2D eigenvalue weighted by atomic mass is 10.3. The third kappa shape index (κ3) is 3.10. The quantitative estimate of drug-likeness (QED) is 0.621. The summed E-state index contributed by atoms with van der Waals surface area (Å²) in [5, 5.41) is 11.1. The summed E-state index contributed by atoms with van der Waals surface area (Å²) in [7, 11) is 1.64. The number of hydrogen-bond donors (Lipinski definition) is 0. The van der Waals surface area contributed by atoms with Crippen molar-refractivity contribution in [2.75, 3.05) is 7.11 Å². The molecule has 2 aromatic heterocycles. The molecule has 1 fully saturated rings. The zero-order valence-electron chi connectivity index (χ0n) is 14.3. The van der Waals surface area contributed by atoms with Crippen LogP contribution in [0.2, 0.25) is 0 Å². The lowest BCUT2D eigenvalue weighted by Crippen LogP contribution is -2.11. The van der Waals surface area contributed by atoms with Gasteiger partial charge in [0.15, 0.2) is 11.0 Å². The van der Waals surface area contributed by atoms with Crippen LogP contribution in [-0.2, 0) is 9.53 Å². The van der Waals surface area contributed by atoms with Gasteiger partial charge in [0.05, 0.1) is 17.7 Å². The van der Waals surface area contributed by atoms with Crippen molar-refractivity contribution in [3.05, 3.63) is 41.8 Å². The molecule has 6 nitrogen and oxygen atoms in total. The minimum Gasteiger partial charge on any atom is -0.495 e. The van der Waals surface area contributed by atoms with Crippen LogP contribution < -0.4 is 4.74 Å². The molecule has 3 aromatic rings. The van der Waals surface area contributed by atoms with Crippen molar-refractivity contribution < 1.29 is 14.3 Å². The molecular formula is C18H17N3O3S2. The van der Waals surface area contributed by atoms with E-state index in [9.17, 15) is 4.79 Å². The molecule has 0 amide bonds. The second-order valence-electron chi connectivity index (χ2n) is 5.88. The van der Waals surface area contributed by atoms with Crippen molar-refractivity contribution in [2.24, 2.45) is 0 Å². The maximum atomic E-state index is 12.1. The first-order valence-corrected chi connectivity index (χ1v) is 9.93. The van der Waals surface area contributed by atoms with E-state index in [1.165, 1.54) is 11.8 Å². The van der Waals surface area contributed by atoms with Crippen molar-refractivity contribution in [3.63, 3.8) is 0 Å². The maximum absolute atomic E-state index is 12.1. The molecule has 1 aromatic carbocycles. The molecule has 8 heteroatoms. The fourth-order valence-electron chi connectivity index (χ4n) is 2.89. The van der Waals surface area contributed by atoms with Crippen LogP contribution in [0.4, 0.5) is 0 Å². The molecule has 0 aliphatic carbocycles. The van der Waals surface area contributed by atoms with E-state index in [-0.39, 0.29) is 17.3 Å². The van der Waals surface area contributed by atoms with Gasteiger partial charge in [-0.25, -0.2) is 0 Å². The molecule has 0 unspecified atom stereocenters. The van der Waals surface area contributed by atoms with Gasteiger partial charge in [-0.2, -0.15) is 0 Å². The predicted octanol–water partition coefficient (Wildman–Crippen LogP) is 3.80. The van der Waals surface area contributed by atoms with Crippen molar-refractivity contribution >= 4 is 29.1 Å². The highest BCUT2D eigenvalue weighted by Crippen LogP contribution is 2.37. The van der Waals surface area contributed by atoms with Gasteiger partial charge in [0, 0.05) is 6.42 Å². The van der Waals surface area contributed by atoms with Crippen LogP contribution in [0.15, 0.2) is 46.9 Å². The Bertz CT molecular complexity index is 924. The number of thioether (sulfide) groups is 1. The number of nitrogens with zero attached hydrogens (tertiary/aromatic N) is 3. The largest absolute Gasteiger partial charge is 0.495 e. The predicted molar refractivity (Wildman–Crippen MR) is 101 cm³/mol. The van der Waals surface area contributed by atoms with Gasteiger partial charge in [-0.1, -0.05) is 30.0 Å². The molecular weight excluding hydrogens is 370 g/mol. The van der Waals surface area contributed by atoms with Gasteiger partial charge in [0.1, 0.15) is 17.1 Å². The normalized spacial score (nSPS) is 19.5. The van der Waals surface area contributed by atoms with E-state index in [4.69, 9.17) is 9.47 Å². The molecule has 4 rings (SSSR count). The number of ether oxygens (including phenoxy) is 2. The number of aromatic nitrogens is 3. The zero-order chi connectivity index (χ0) is 18.1. The fraction of sp³-hybridized carbons (Fsp3) is 0.278. The second-order valence-corrected chi connectivity index (χ2v) is 8.00. The Balaban J connectivity index is 1.81. The third-order valence-electron chi connectivity index (χ3n) is 4.07. The summed E-state index contributed by atoms with van der Waals surface area (Å²) >= 11 is 2.98. The van der Waals surface area contributed by atoms with Gasteiger partial charge in [-0.3, -0.25) is 9.36 Å². The van der Waals surface area contributed by atoms with E-state index in [1.807, 2.05) is 53.3 Å². The first-order chi connectivity index (χ1) is 12.7. The molecule has 134 valence electrons. The minimum atomic E-state index is -0.279. The van der Waals surface area contributed by atoms with E-state index in [1.54, 1.807) is 18.4 Å². The Morgan fingerprint density at radius 3 is 2.81 bits per heavy atom. The standard InChI is InChI=1S/C18H17N3O3S2/c1-11-10-15(17(22)24-11)26-18-20-19-16(14-8-5-9-25-14)21(18)12-6-3-4-7-13(12)23-2/h3-9,11,15H,10H2,1-2H3/t11-,15-/m1/s1. The summed E-state index contributed by atoms with van der Waals surface area (Å²) in [5.74, 6) is 1.25. The Morgan fingerprint density at radius 1 is 1.27 bits per heavy atom. The average Bonchev–Trinajstić information content (AvgIpc) is 3.36. The number of hydrogen-bond acceptors (Lipinski definition) is 7. The summed E-state index contributed by atoms with van der Waals surface area (Å²) < 4.78 is 12.8. The lowest BCUT2D eigenvalue weighted by Gasteiger charge is -2.14. The van der Waals surface area contributed by atoms with Gasteiger partial charge in [0.25, 0.3) is 0 Å². The highest BCUT2D eigenvalue weighted by atomic mass is 32.2. The number of cyclic esters (lactones) is 1. The van der Waals surface area contributed by atoms with Crippen molar-refractivity contribution in [2.45, 2.75) is 29.9 Å². The molecule has 1 saturated heterocycles. The van der Waals surface area contributed by atoms with Crippen LogP contribution in [0.25, 0.3) is 16.4 Å². The average molecular weight is 387 g/mol. The molecule has 1 aliphatic heterocycles. The Labute approximate surface area is 159 Å². The van der Waals surface area contributed by atoms with Crippen LogP contribution >= 0.6 is 23.1 Å². The molecule has 0 saturated carbocycles. The lowest BCUT2D eigenvalue weighted by molar-refractivity contribution is -0.140. The summed E-state index contributed by atoms with van der Waals surface area (Å²) in [6, 6.07) is 11.7. The highest BCUT2D eigenvalue weighted by molar-refractivity contribution is 8.00. The topological polar surface area (TPSA) is 66.2 Å². The number of para-hydroxylation sites is 2. The van der Waals surface area contributed by atoms with Crippen molar-refractivity contribution in [3.8, 4) is 22.1 Å². The first kappa shape index (κ1) is 17.1. The Hall–Kier alpha value is -2.32. The monoisotopic (exact) mass is 387 g/mol. The summed E-state index contributed by atoms with van der Waals surface area (Å²) in [6.45, 7) is 1.90. The smallest absolute Gasteiger partial charge is 0.319 e.